The number of hydrogen-bond donors (Lipinski definition) is 1. The van der Waals surface area contributed by atoms with Crippen LogP contribution < -0.4 is 14.8 Å². The molecule has 6 nitrogen and oxygen atoms in total. The molecule has 0 saturated carbocycles. The lowest BCUT2D eigenvalue weighted by Gasteiger charge is -2.18. The summed E-state index contributed by atoms with van der Waals surface area (Å²) >= 11 is 0. The van der Waals surface area contributed by atoms with Crippen LogP contribution in [0.5, 0.6) is 11.5 Å². The largest absolute Gasteiger partial charge is 0.486 e. The third kappa shape index (κ3) is 2.95. The van der Waals surface area contributed by atoms with E-state index in [2.05, 4.69) is 10.3 Å². The fourth-order valence-corrected chi connectivity index (χ4v) is 3.15. The maximum absolute atomic E-state index is 12.8. The molecule has 28 heavy (non-hydrogen) atoms. The van der Waals surface area contributed by atoms with Crippen molar-refractivity contribution >= 4 is 22.7 Å². The van der Waals surface area contributed by atoms with E-state index < -0.39 is 0 Å². The van der Waals surface area contributed by atoms with Crippen molar-refractivity contribution in [2.45, 2.75) is 0 Å². The first-order valence-electron chi connectivity index (χ1n) is 8.94. The van der Waals surface area contributed by atoms with Gasteiger partial charge in [-0.3, -0.25) is 4.79 Å². The molecule has 5 rings (SSSR count). The van der Waals surface area contributed by atoms with E-state index in [-0.39, 0.29) is 5.91 Å². The van der Waals surface area contributed by atoms with Crippen LogP contribution in [-0.2, 0) is 0 Å². The molecular formula is C22H16N2O4. The fraction of sp³-hybridized carbons (Fsp3) is 0.0909. The molecule has 138 valence electrons. The topological polar surface area (TPSA) is 73.6 Å². The Bertz CT molecular complexity index is 1150. The summed E-state index contributed by atoms with van der Waals surface area (Å²) in [5.41, 5.74) is 3.28. The fourth-order valence-electron chi connectivity index (χ4n) is 3.15. The molecule has 2 heterocycles. The van der Waals surface area contributed by atoms with Crippen LogP contribution in [0.25, 0.3) is 22.6 Å². The van der Waals surface area contributed by atoms with E-state index in [1.165, 1.54) is 0 Å². The molecule has 6 heteroatoms. The smallest absolute Gasteiger partial charge is 0.255 e. The van der Waals surface area contributed by atoms with E-state index in [0.717, 1.165) is 5.52 Å². The predicted molar refractivity (Wildman–Crippen MR) is 105 cm³/mol. The van der Waals surface area contributed by atoms with E-state index in [1.807, 2.05) is 48.5 Å². The number of nitrogens with zero attached hydrogens (tertiary/aromatic N) is 1. The number of nitrogens with one attached hydrogen (secondary N) is 1. The number of ether oxygens (including phenoxy) is 2. The molecule has 0 aliphatic carbocycles. The molecule has 0 fully saturated rings. The van der Waals surface area contributed by atoms with Gasteiger partial charge in [0.25, 0.3) is 5.91 Å². The Morgan fingerprint density at radius 1 is 0.893 bits per heavy atom. The number of carbonyl (C=O) groups excluding carboxylic acids is 1. The highest BCUT2D eigenvalue weighted by atomic mass is 16.6. The van der Waals surface area contributed by atoms with Crippen molar-refractivity contribution in [2.24, 2.45) is 0 Å². The minimum atomic E-state index is -0.250. The summed E-state index contributed by atoms with van der Waals surface area (Å²) in [6.07, 6.45) is 0. The van der Waals surface area contributed by atoms with Crippen LogP contribution in [0.4, 0.5) is 5.69 Å². The minimum absolute atomic E-state index is 0.250. The average molecular weight is 372 g/mol. The normalized spacial score (nSPS) is 12.7. The number of hydrogen-bond acceptors (Lipinski definition) is 5. The molecule has 0 bridgehead atoms. The van der Waals surface area contributed by atoms with Gasteiger partial charge in [-0.05, 0) is 42.5 Å². The number of aromatic nitrogens is 1. The van der Waals surface area contributed by atoms with Gasteiger partial charge >= 0.3 is 0 Å². The third-order valence-corrected chi connectivity index (χ3v) is 4.50. The summed E-state index contributed by atoms with van der Waals surface area (Å²) in [7, 11) is 0. The van der Waals surface area contributed by atoms with Crippen molar-refractivity contribution in [1.29, 1.82) is 0 Å². The highest BCUT2D eigenvalue weighted by molar-refractivity contribution is 6.06. The molecule has 3 aromatic carbocycles. The van der Waals surface area contributed by atoms with Crippen molar-refractivity contribution in [3.05, 3.63) is 72.3 Å². The van der Waals surface area contributed by atoms with Gasteiger partial charge in [-0.1, -0.05) is 24.3 Å². The van der Waals surface area contributed by atoms with Gasteiger partial charge in [0.15, 0.2) is 17.1 Å². The van der Waals surface area contributed by atoms with Gasteiger partial charge in [-0.25, -0.2) is 4.98 Å². The average Bonchev–Trinajstić information content (AvgIpc) is 3.18. The van der Waals surface area contributed by atoms with Gasteiger partial charge in [0, 0.05) is 5.56 Å². The molecule has 4 aromatic rings. The van der Waals surface area contributed by atoms with Crippen molar-refractivity contribution < 1.29 is 18.7 Å². The van der Waals surface area contributed by atoms with E-state index in [9.17, 15) is 4.79 Å². The van der Waals surface area contributed by atoms with E-state index in [0.29, 0.717) is 53.0 Å². The van der Waals surface area contributed by atoms with Crippen LogP contribution in [0.15, 0.2) is 71.1 Å². The molecule has 0 atom stereocenters. The second kappa shape index (κ2) is 6.74. The van der Waals surface area contributed by atoms with Crippen LogP contribution in [0.1, 0.15) is 10.4 Å². The lowest BCUT2D eigenvalue weighted by Crippen LogP contribution is -2.17. The number of para-hydroxylation sites is 3. The summed E-state index contributed by atoms with van der Waals surface area (Å²) in [6, 6.07) is 20.1. The Balaban J connectivity index is 1.46. The van der Waals surface area contributed by atoms with Gasteiger partial charge < -0.3 is 19.2 Å². The first-order chi connectivity index (χ1) is 13.8. The van der Waals surface area contributed by atoms with Crippen molar-refractivity contribution in [3.63, 3.8) is 0 Å². The molecule has 0 unspecified atom stereocenters. The first kappa shape index (κ1) is 16.4. The van der Waals surface area contributed by atoms with Crippen LogP contribution >= 0.6 is 0 Å². The molecule has 0 spiro atoms. The number of fused-ring (bicyclic) bond motifs is 2. The summed E-state index contributed by atoms with van der Waals surface area (Å²) < 4.78 is 16.9. The molecule has 1 amide bonds. The maximum Gasteiger partial charge on any atom is 0.255 e. The number of rotatable bonds is 3. The third-order valence-electron chi connectivity index (χ3n) is 4.50. The van der Waals surface area contributed by atoms with Gasteiger partial charge in [-0.2, -0.15) is 0 Å². The first-order valence-corrected chi connectivity index (χ1v) is 8.94. The summed E-state index contributed by atoms with van der Waals surface area (Å²) in [6.45, 7) is 0.981. The zero-order valence-electron chi connectivity index (χ0n) is 14.8. The lowest BCUT2D eigenvalue weighted by molar-refractivity contribution is 0.102. The zero-order valence-corrected chi connectivity index (χ0v) is 14.8. The molecule has 1 N–H and O–H groups in total. The highest BCUT2D eigenvalue weighted by Gasteiger charge is 2.17. The second-order valence-electron chi connectivity index (χ2n) is 6.34. The molecule has 1 aliphatic heterocycles. The zero-order chi connectivity index (χ0) is 18.9. The number of benzene rings is 3. The number of amides is 1. The predicted octanol–water partition coefficient (Wildman–Crippen LogP) is 4.52. The molecular weight excluding hydrogens is 356 g/mol. The molecule has 0 radical (unpaired) electrons. The monoisotopic (exact) mass is 372 g/mol. The number of carbonyl (C=O) groups is 1. The molecule has 1 aliphatic rings. The lowest BCUT2D eigenvalue weighted by atomic mass is 10.1. The Morgan fingerprint density at radius 3 is 2.57 bits per heavy atom. The quantitative estimate of drug-likeness (QED) is 0.572. The van der Waals surface area contributed by atoms with Gasteiger partial charge in [0.05, 0.1) is 11.3 Å². The van der Waals surface area contributed by atoms with Crippen molar-refractivity contribution in [2.75, 3.05) is 18.5 Å². The van der Waals surface area contributed by atoms with Crippen LogP contribution in [0.3, 0.4) is 0 Å². The van der Waals surface area contributed by atoms with E-state index >= 15 is 0 Å². The standard InChI is InChI=1S/C22H16N2O4/c25-21(14-9-10-19-20(13-14)27-12-11-26-19)23-16-6-2-1-5-15(16)22-24-17-7-3-4-8-18(17)28-22/h1-10,13H,11-12H2,(H,23,25). The Morgan fingerprint density at radius 2 is 1.68 bits per heavy atom. The van der Waals surface area contributed by atoms with Crippen molar-refractivity contribution in [3.8, 4) is 23.0 Å². The Labute approximate surface area is 160 Å². The van der Waals surface area contributed by atoms with E-state index in [1.54, 1.807) is 18.2 Å². The maximum atomic E-state index is 12.8. The second-order valence-corrected chi connectivity index (χ2v) is 6.34. The van der Waals surface area contributed by atoms with Gasteiger partial charge in [-0.15, -0.1) is 0 Å². The summed E-state index contributed by atoms with van der Waals surface area (Å²) in [4.78, 5) is 17.3. The Kier molecular flexibility index (Phi) is 3.94. The molecule has 1 aromatic heterocycles. The van der Waals surface area contributed by atoms with Crippen LogP contribution in [0, 0.1) is 0 Å². The highest BCUT2D eigenvalue weighted by Crippen LogP contribution is 2.33. The molecule has 0 saturated heterocycles. The minimum Gasteiger partial charge on any atom is -0.486 e. The van der Waals surface area contributed by atoms with Crippen molar-refractivity contribution in [1.82, 2.24) is 4.98 Å². The number of oxazole rings is 1. The summed E-state index contributed by atoms with van der Waals surface area (Å²) in [5, 5.41) is 2.94. The summed E-state index contributed by atoms with van der Waals surface area (Å²) in [5.74, 6) is 1.43. The Hall–Kier alpha value is -3.80. The van der Waals surface area contributed by atoms with Crippen LogP contribution in [0.2, 0.25) is 0 Å². The van der Waals surface area contributed by atoms with Crippen LogP contribution in [-0.4, -0.2) is 24.1 Å². The van der Waals surface area contributed by atoms with Gasteiger partial charge in [0.1, 0.15) is 18.7 Å². The van der Waals surface area contributed by atoms with E-state index in [4.69, 9.17) is 13.9 Å². The SMILES string of the molecule is O=C(Nc1ccccc1-c1nc2ccccc2o1)c1ccc2c(c1)OCCO2. The number of anilines is 1. The van der Waals surface area contributed by atoms with Gasteiger partial charge in [0.2, 0.25) is 5.89 Å².